The lowest BCUT2D eigenvalue weighted by Gasteiger charge is -2.15. The summed E-state index contributed by atoms with van der Waals surface area (Å²) >= 11 is 0. The Morgan fingerprint density at radius 3 is 2.09 bits per heavy atom. The van der Waals surface area contributed by atoms with E-state index in [1.54, 1.807) is 0 Å². The highest BCUT2D eigenvalue weighted by Gasteiger charge is 2.24. The summed E-state index contributed by atoms with van der Waals surface area (Å²) in [6.07, 6.45) is 2.43. The summed E-state index contributed by atoms with van der Waals surface area (Å²) < 4.78 is 33.9. The number of hydrogen-bond donors (Lipinski definition) is 0. The van der Waals surface area contributed by atoms with Crippen molar-refractivity contribution >= 4 is 9.28 Å². The molecule has 2 atom stereocenters. The van der Waals surface area contributed by atoms with Crippen molar-refractivity contribution in [1.82, 2.24) is 0 Å². The van der Waals surface area contributed by atoms with Crippen LogP contribution in [0, 0.1) is 0 Å². The van der Waals surface area contributed by atoms with E-state index in [1.807, 2.05) is 26.0 Å². The fourth-order valence-electron chi connectivity index (χ4n) is 3.47. The lowest BCUT2D eigenvalue weighted by atomic mass is 10.00. The van der Waals surface area contributed by atoms with Crippen molar-refractivity contribution in [2.24, 2.45) is 0 Å². The first-order valence-corrected chi connectivity index (χ1v) is 13.1. The third kappa shape index (κ3) is 7.32. The molecule has 2 aliphatic rings. The molecule has 173 valence electrons. The number of benzene rings is 2. The topological polar surface area (TPSA) is 62.0 Å². The summed E-state index contributed by atoms with van der Waals surface area (Å²) in [7, 11) is -1.20. The van der Waals surface area contributed by atoms with E-state index in [9.17, 15) is 0 Å². The van der Waals surface area contributed by atoms with Gasteiger partial charge in [0, 0.05) is 13.2 Å². The van der Waals surface area contributed by atoms with Crippen molar-refractivity contribution in [3.05, 3.63) is 48.0 Å². The molecule has 2 fully saturated rings. The van der Waals surface area contributed by atoms with Gasteiger partial charge in [0.05, 0.1) is 13.2 Å². The molecule has 4 rings (SSSR count). The van der Waals surface area contributed by atoms with E-state index in [-0.39, 0.29) is 12.2 Å². The zero-order valence-corrected chi connectivity index (χ0v) is 20.0. The Labute approximate surface area is 192 Å². The zero-order valence-electron chi connectivity index (χ0n) is 19.0. The van der Waals surface area contributed by atoms with Gasteiger partial charge < -0.3 is 27.8 Å². The lowest BCUT2D eigenvalue weighted by Crippen LogP contribution is -2.22. The van der Waals surface area contributed by atoms with E-state index in [1.165, 1.54) is 11.1 Å². The lowest BCUT2D eigenvalue weighted by molar-refractivity contribution is 0.213. The summed E-state index contributed by atoms with van der Waals surface area (Å²) in [5, 5.41) is 0. The largest absolute Gasteiger partial charge is 0.491 e. The van der Waals surface area contributed by atoms with Crippen molar-refractivity contribution in [3.8, 4) is 22.6 Å². The van der Waals surface area contributed by atoms with E-state index in [2.05, 4.69) is 30.3 Å². The molecule has 2 aliphatic heterocycles. The highest BCUT2D eigenvalue weighted by Crippen LogP contribution is 2.30. The van der Waals surface area contributed by atoms with Crippen molar-refractivity contribution < 1.29 is 27.8 Å². The molecular weight excluding hydrogens is 424 g/mol. The summed E-state index contributed by atoms with van der Waals surface area (Å²) in [6.45, 7) is 8.27. The summed E-state index contributed by atoms with van der Waals surface area (Å²) in [6, 6.07) is 15.6. The van der Waals surface area contributed by atoms with Crippen LogP contribution in [0.4, 0.5) is 0 Å². The molecule has 0 aromatic heterocycles. The molecule has 0 amide bonds. The van der Waals surface area contributed by atoms with Crippen LogP contribution in [0.15, 0.2) is 42.5 Å². The maximum absolute atomic E-state index is 6.07. The minimum absolute atomic E-state index is 0.238. The Morgan fingerprint density at radius 1 is 0.844 bits per heavy atom. The van der Waals surface area contributed by atoms with Crippen LogP contribution in [-0.4, -0.2) is 61.1 Å². The van der Waals surface area contributed by atoms with E-state index < -0.39 is 9.28 Å². The van der Waals surface area contributed by atoms with Crippen LogP contribution in [0.1, 0.15) is 25.8 Å². The minimum atomic E-state index is -1.20. The maximum atomic E-state index is 6.07. The molecule has 2 heterocycles. The third-order valence-corrected chi connectivity index (χ3v) is 7.33. The Kier molecular flexibility index (Phi) is 8.59. The van der Waals surface area contributed by atoms with E-state index >= 15 is 0 Å². The van der Waals surface area contributed by atoms with Crippen LogP contribution in [0.3, 0.4) is 0 Å². The second-order valence-electron chi connectivity index (χ2n) is 7.97. The van der Waals surface area contributed by atoms with Crippen molar-refractivity contribution in [2.75, 3.05) is 39.6 Å². The molecule has 2 aromatic rings. The highest BCUT2D eigenvalue weighted by atomic mass is 28.3. The molecule has 7 heteroatoms. The van der Waals surface area contributed by atoms with Gasteiger partial charge in [0.15, 0.2) is 0 Å². The van der Waals surface area contributed by atoms with Crippen LogP contribution in [-0.2, 0) is 24.7 Å². The smallest absolute Gasteiger partial charge is 0.384 e. The average molecular weight is 458 g/mol. The fourth-order valence-corrected chi connectivity index (χ4v) is 4.95. The van der Waals surface area contributed by atoms with Gasteiger partial charge in [0.2, 0.25) is 0 Å². The van der Waals surface area contributed by atoms with E-state index in [0.717, 1.165) is 49.2 Å². The monoisotopic (exact) mass is 457 g/mol. The molecule has 0 saturated carbocycles. The number of epoxide rings is 2. The van der Waals surface area contributed by atoms with E-state index in [0.29, 0.717) is 26.4 Å². The molecule has 0 spiro atoms. The summed E-state index contributed by atoms with van der Waals surface area (Å²) in [5.74, 6) is 1.81. The average Bonchev–Trinajstić information content (AvgIpc) is 3.73. The first kappa shape index (κ1) is 23.3. The number of ether oxygens (including phenoxy) is 4. The van der Waals surface area contributed by atoms with Crippen LogP contribution in [0.5, 0.6) is 11.5 Å². The van der Waals surface area contributed by atoms with Gasteiger partial charge in [0.25, 0.3) is 0 Å². The van der Waals surface area contributed by atoms with Crippen LogP contribution < -0.4 is 9.47 Å². The van der Waals surface area contributed by atoms with Crippen LogP contribution in [0.25, 0.3) is 11.1 Å². The predicted molar refractivity (Wildman–Crippen MR) is 124 cm³/mol. The zero-order chi connectivity index (χ0) is 22.2. The van der Waals surface area contributed by atoms with Crippen LogP contribution in [0.2, 0.25) is 6.04 Å². The Morgan fingerprint density at radius 2 is 1.47 bits per heavy atom. The van der Waals surface area contributed by atoms with Gasteiger partial charge in [-0.25, -0.2) is 0 Å². The fraction of sp³-hybridized carbons (Fsp3) is 0.520. The first-order valence-electron chi connectivity index (χ1n) is 11.6. The van der Waals surface area contributed by atoms with Gasteiger partial charge in [-0.1, -0.05) is 18.2 Å². The molecule has 0 aliphatic carbocycles. The van der Waals surface area contributed by atoms with Crippen molar-refractivity contribution in [3.63, 3.8) is 0 Å². The summed E-state index contributed by atoms with van der Waals surface area (Å²) in [4.78, 5) is 0. The van der Waals surface area contributed by atoms with Gasteiger partial charge in [-0.3, -0.25) is 0 Å². The molecule has 2 unspecified atom stereocenters. The van der Waals surface area contributed by atoms with Gasteiger partial charge >= 0.3 is 9.28 Å². The molecule has 1 radical (unpaired) electrons. The maximum Gasteiger partial charge on any atom is 0.384 e. The third-order valence-electron chi connectivity index (χ3n) is 5.35. The van der Waals surface area contributed by atoms with Gasteiger partial charge in [-0.2, -0.15) is 0 Å². The quantitative estimate of drug-likeness (QED) is 0.292. The Balaban J connectivity index is 1.41. The van der Waals surface area contributed by atoms with Crippen molar-refractivity contribution in [2.45, 2.75) is 44.9 Å². The molecule has 2 aromatic carbocycles. The van der Waals surface area contributed by atoms with Crippen LogP contribution >= 0.6 is 0 Å². The molecule has 2 saturated heterocycles. The Hall–Kier alpha value is -1.90. The second kappa shape index (κ2) is 11.8. The minimum Gasteiger partial charge on any atom is -0.491 e. The Bertz CT molecular complexity index is 829. The normalized spacial score (nSPS) is 19.2. The molecule has 32 heavy (non-hydrogen) atoms. The SMILES string of the molecule is CCO[Si](CCCc1cc(-c2ccc(OCC3CO3)cc2)ccc1OCC1CO1)OCC. The number of rotatable bonds is 15. The predicted octanol–water partition coefficient (Wildman–Crippen LogP) is 4.40. The standard InChI is InChI=1S/C25H33O6Si/c1-3-30-32(31-4-2)13-5-6-21-14-20(9-12-25(21)29-18-24-17-28-24)19-7-10-22(11-8-19)26-15-23-16-27-23/h7-12,14,23-24H,3-6,13,15-18H2,1-2H3. The number of hydrogen-bond acceptors (Lipinski definition) is 6. The van der Waals surface area contributed by atoms with Gasteiger partial charge in [0.1, 0.15) is 36.9 Å². The highest BCUT2D eigenvalue weighted by molar-refractivity contribution is 6.44. The van der Waals surface area contributed by atoms with Gasteiger partial charge in [-0.15, -0.1) is 0 Å². The number of aryl methyl sites for hydroxylation is 1. The molecule has 0 N–H and O–H groups in total. The van der Waals surface area contributed by atoms with Crippen molar-refractivity contribution in [1.29, 1.82) is 0 Å². The first-order chi connectivity index (χ1) is 15.7. The van der Waals surface area contributed by atoms with Gasteiger partial charge in [-0.05, 0) is 73.7 Å². The second-order valence-corrected chi connectivity index (χ2v) is 9.79. The molecule has 6 nitrogen and oxygen atoms in total. The summed E-state index contributed by atoms with van der Waals surface area (Å²) in [5.41, 5.74) is 3.54. The molecule has 0 bridgehead atoms. The van der Waals surface area contributed by atoms with E-state index in [4.69, 9.17) is 27.8 Å². The molecular formula is C25H33O6Si.